The molecule has 0 spiro atoms. The van der Waals surface area contributed by atoms with Crippen LogP contribution >= 0.6 is 31.9 Å². The quantitative estimate of drug-likeness (QED) is 0.680. The largest absolute Gasteiger partial charge is 0.310 e. The minimum atomic E-state index is 0.355. The molecule has 0 bridgehead atoms. The highest BCUT2D eigenvalue weighted by atomic mass is 79.9. The normalized spacial score (nSPS) is 12.3. The fraction of sp³-hybridized carbons (Fsp3) is 0.294. The lowest BCUT2D eigenvalue weighted by Crippen LogP contribution is -2.24. The first kappa shape index (κ1) is 15.7. The van der Waals surface area contributed by atoms with Crippen molar-refractivity contribution >= 4 is 31.9 Å². The van der Waals surface area contributed by atoms with E-state index in [0.717, 1.165) is 28.3 Å². The second-order valence-corrected chi connectivity index (χ2v) is 6.72. The molecule has 1 N–H and O–H groups in total. The number of hydrogen-bond acceptors (Lipinski definition) is 1. The number of rotatable bonds is 6. The van der Waals surface area contributed by atoms with Crippen molar-refractivity contribution in [2.75, 3.05) is 6.54 Å². The van der Waals surface area contributed by atoms with Crippen molar-refractivity contribution in [2.24, 2.45) is 0 Å². The van der Waals surface area contributed by atoms with E-state index < -0.39 is 0 Å². The fourth-order valence-corrected chi connectivity index (χ4v) is 2.89. The van der Waals surface area contributed by atoms with Gasteiger partial charge in [0, 0.05) is 15.0 Å². The lowest BCUT2D eigenvalue weighted by Gasteiger charge is -2.19. The van der Waals surface area contributed by atoms with Gasteiger partial charge in [-0.05, 0) is 54.8 Å². The molecule has 0 radical (unpaired) electrons. The van der Waals surface area contributed by atoms with Crippen molar-refractivity contribution in [3.8, 4) is 0 Å². The van der Waals surface area contributed by atoms with Gasteiger partial charge in [-0.3, -0.25) is 0 Å². The summed E-state index contributed by atoms with van der Waals surface area (Å²) < 4.78 is 2.26. The Labute approximate surface area is 138 Å². The van der Waals surface area contributed by atoms with Crippen LogP contribution in [-0.4, -0.2) is 6.54 Å². The summed E-state index contributed by atoms with van der Waals surface area (Å²) in [7, 11) is 0. The van der Waals surface area contributed by atoms with Crippen LogP contribution in [0.1, 0.15) is 30.5 Å². The highest BCUT2D eigenvalue weighted by molar-refractivity contribution is 9.10. The molecule has 0 aliphatic rings. The molecule has 2 aromatic carbocycles. The lowest BCUT2D eigenvalue weighted by molar-refractivity contribution is 0.529. The summed E-state index contributed by atoms with van der Waals surface area (Å²) in [4.78, 5) is 0. The zero-order valence-corrected chi connectivity index (χ0v) is 14.7. The first-order valence-electron chi connectivity index (χ1n) is 6.92. The second-order valence-electron chi connectivity index (χ2n) is 4.89. The Hall–Kier alpha value is -0.640. The predicted octanol–water partition coefficient (Wildman–Crippen LogP) is 5.50. The van der Waals surface area contributed by atoms with Gasteiger partial charge in [0.2, 0.25) is 0 Å². The molecule has 3 heteroatoms. The Bertz CT molecular complexity index is 537. The smallest absolute Gasteiger partial charge is 0.0361 e. The van der Waals surface area contributed by atoms with Crippen LogP contribution in [0.2, 0.25) is 0 Å². The molecular formula is C17H19Br2N. The Morgan fingerprint density at radius 2 is 1.75 bits per heavy atom. The number of halogens is 2. The van der Waals surface area contributed by atoms with Gasteiger partial charge in [0.15, 0.2) is 0 Å². The molecule has 0 amide bonds. The van der Waals surface area contributed by atoms with Gasteiger partial charge in [-0.2, -0.15) is 0 Å². The van der Waals surface area contributed by atoms with E-state index in [4.69, 9.17) is 0 Å². The molecule has 1 unspecified atom stereocenters. The number of hydrogen-bond donors (Lipinski definition) is 1. The summed E-state index contributed by atoms with van der Waals surface area (Å²) in [6, 6.07) is 17.5. The Balaban J connectivity index is 2.16. The maximum Gasteiger partial charge on any atom is 0.0361 e. The van der Waals surface area contributed by atoms with Gasteiger partial charge in [0.05, 0.1) is 0 Å². The van der Waals surface area contributed by atoms with Crippen molar-refractivity contribution in [3.05, 3.63) is 68.6 Å². The SMILES string of the molecule is CCCNC(Cc1ccc(Br)cc1)c1cccc(Br)c1. The average molecular weight is 397 g/mol. The molecular weight excluding hydrogens is 378 g/mol. The average Bonchev–Trinajstić information content (AvgIpc) is 2.45. The minimum absolute atomic E-state index is 0.355. The zero-order chi connectivity index (χ0) is 14.4. The maximum absolute atomic E-state index is 3.64. The Kier molecular flexibility index (Phi) is 6.27. The van der Waals surface area contributed by atoms with Crippen molar-refractivity contribution in [3.63, 3.8) is 0 Å². The van der Waals surface area contributed by atoms with Gasteiger partial charge in [-0.15, -0.1) is 0 Å². The van der Waals surface area contributed by atoms with E-state index in [0.29, 0.717) is 6.04 Å². The van der Waals surface area contributed by atoms with E-state index in [-0.39, 0.29) is 0 Å². The molecule has 2 aromatic rings. The lowest BCUT2D eigenvalue weighted by atomic mass is 9.99. The van der Waals surface area contributed by atoms with Crippen LogP contribution in [0.4, 0.5) is 0 Å². The molecule has 0 saturated heterocycles. The van der Waals surface area contributed by atoms with Crippen LogP contribution in [0.25, 0.3) is 0 Å². The number of benzene rings is 2. The summed E-state index contributed by atoms with van der Waals surface area (Å²) in [5.41, 5.74) is 2.68. The maximum atomic E-state index is 3.64. The van der Waals surface area contributed by atoms with E-state index >= 15 is 0 Å². The predicted molar refractivity (Wildman–Crippen MR) is 93.0 cm³/mol. The van der Waals surface area contributed by atoms with Crippen LogP contribution in [0.3, 0.4) is 0 Å². The van der Waals surface area contributed by atoms with Gasteiger partial charge >= 0.3 is 0 Å². The van der Waals surface area contributed by atoms with E-state index in [9.17, 15) is 0 Å². The van der Waals surface area contributed by atoms with Crippen LogP contribution in [-0.2, 0) is 6.42 Å². The first-order chi connectivity index (χ1) is 9.69. The monoisotopic (exact) mass is 395 g/mol. The summed E-state index contributed by atoms with van der Waals surface area (Å²) >= 11 is 7.05. The zero-order valence-electron chi connectivity index (χ0n) is 11.6. The van der Waals surface area contributed by atoms with Crippen molar-refractivity contribution in [1.82, 2.24) is 5.32 Å². The Morgan fingerprint density at radius 3 is 2.40 bits per heavy atom. The van der Waals surface area contributed by atoms with Crippen LogP contribution in [0, 0.1) is 0 Å². The standard InChI is InChI=1S/C17H19Br2N/c1-2-10-20-17(14-4-3-5-16(19)12-14)11-13-6-8-15(18)9-7-13/h3-9,12,17,20H,2,10-11H2,1H3. The van der Waals surface area contributed by atoms with E-state index in [1.807, 2.05) is 0 Å². The number of nitrogens with one attached hydrogen (secondary N) is 1. The molecule has 2 rings (SSSR count). The van der Waals surface area contributed by atoms with Gasteiger partial charge < -0.3 is 5.32 Å². The third kappa shape index (κ3) is 4.72. The molecule has 0 aliphatic heterocycles. The third-order valence-electron chi connectivity index (χ3n) is 3.24. The molecule has 1 nitrogen and oxygen atoms in total. The molecule has 1 atom stereocenters. The molecule has 0 saturated carbocycles. The van der Waals surface area contributed by atoms with Gasteiger partial charge in [0.25, 0.3) is 0 Å². The summed E-state index contributed by atoms with van der Waals surface area (Å²) in [6.45, 7) is 3.23. The fourth-order valence-electron chi connectivity index (χ4n) is 2.21. The molecule has 0 aliphatic carbocycles. The first-order valence-corrected chi connectivity index (χ1v) is 8.51. The summed E-state index contributed by atoms with van der Waals surface area (Å²) in [5, 5.41) is 3.64. The second kappa shape index (κ2) is 7.96. The topological polar surface area (TPSA) is 12.0 Å². The van der Waals surface area contributed by atoms with Crippen LogP contribution < -0.4 is 5.32 Å². The molecule has 0 fully saturated rings. The molecule has 0 heterocycles. The Morgan fingerprint density at radius 1 is 1.00 bits per heavy atom. The van der Waals surface area contributed by atoms with Gasteiger partial charge in [-0.25, -0.2) is 0 Å². The van der Waals surface area contributed by atoms with Gasteiger partial charge in [0.1, 0.15) is 0 Å². The third-order valence-corrected chi connectivity index (χ3v) is 4.27. The van der Waals surface area contributed by atoms with Crippen molar-refractivity contribution < 1.29 is 0 Å². The van der Waals surface area contributed by atoms with E-state index in [1.165, 1.54) is 11.1 Å². The summed E-state index contributed by atoms with van der Waals surface area (Å²) in [6.07, 6.45) is 2.15. The minimum Gasteiger partial charge on any atom is -0.310 e. The van der Waals surface area contributed by atoms with Crippen LogP contribution in [0.15, 0.2) is 57.5 Å². The van der Waals surface area contributed by atoms with Crippen molar-refractivity contribution in [1.29, 1.82) is 0 Å². The highest BCUT2D eigenvalue weighted by Crippen LogP contribution is 2.22. The molecule has 106 valence electrons. The summed E-state index contributed by atoms with van der Waals surface area (Å²) in [5.74, 6) is 0. The van der Waals surface area contributed by atoms with Gasteiger partial charge in [-0.1, -0.05) is 63.0 Å². The van der Waals surface area contributed by atoms with Crippen LogP contribution in [0.5, 0.6) is 0 Å². The van der Waals surface area contributed by atoms with Crippen molar-refractivity contribution in [2.45, 2.75) is 25.8 Å². The van der Waals surface area contributed by atoms with E-state index in [2.05, 4.69) is 92.6 Å². The van der Waals surface area contributed by atoms with E-state index in [1.54, 1.807) is 0 Å². The molecule has 0 aromatic heterocycles. The highest BCUT2D eigenvalue weighted by Gasteiger charge is 2.11. The molecule has 20 heavy (non-hydrogen) atoms.